The number of carbonyl (C=O) groups is 1. The Morgan fingerprint density at radius 3 is 2.35 bits per heavy atom. The molecule has 7 nitrogen and oxygen atoms in total. The van der Waals surface area contributed by atoms with Crippen LogP contribution in [-0.2, 0) is 21.6 Å². The Labute approximate surface area is 188 Å². The molecule has 0 spiro atoms. The fourth-order valence-corrected chi connectivity index (χ4v) is 6.45. The maximum atomic E-state index is 12.3. The quantitative estimate of drug-likeness (QED) is 0.451. The molecule has 0 bridgehead atoms. The van der Waals surface area contributed by atoms with Gasteiger partial charge in [0, 0.05) is 38.0 Å². The molecule has 3 aliphatic carbocycles. The summed E-state index contributed by atoms with van der Waals surface area (Å²) < 4.78 is 35.2. The first-order valence-corrected chi connectivity index (χ1v) is 12.4. The van der Waals surface area contributed by atoms with Crippen molar-refractivity contribution in [2.24, 2.45) is 17.3 Å². The van der Waals surface area contributed by atoms with Crippen molar-refractivity contribution in [3.8, 4) is 5.75 Å². The van der Waals surface area contributed by atoms with E-state index in [1.165, 1.54) is 5.56 Å². The summed E-state index contributed by atoms with van der Waals surface area (Å²) >= 11 is 0. The van der Waals surface area contributed by atoms with Gasteiger partial charge in [-0.15, -0.1) is 0 Å². The van der Waals surface area contributed by atoms with Crippen LogP contribution in [0, 0.1) is 17.3 Å². The van der Waals surface area contributed by atoms with E-state index in [2.05, 4.69) is 21.7 Å². The van der Waals surface area contributed by atoms with Gasteiger partial charge in [0.2, 0.25) is 0 Å². The van der Waals surface area contributed by atoms with Gasteiger partial charge in [0.05, 0.1) is 0 Å². The number of hydrogen-bond acceptors (Lipinski definition) is 6. The van der Waals surface area contributed by atoms with Crippen LogP contribution < -0.4 is 14.8 Å². The number of ketones is 1. The zero-order chi connectivity index (χ0) is 21.4. The molecule has 1 heterocycles. The third-order valence-electron chi connectivity index (χ3n) is 7.57. The highest BCUT2D eigenvalue weighted by atomic mass is 32.3. The highest BCUT2D eigenvalue weighted by Gasteiger charge is 2.54. The van der Waals surface area contributed by atoms with Crippen LogP contribution in [0.1, 0.15) is 56.1 Å². The summed E-state index contributed by atoms with van der Waals surface area (Å²) in [6.07, 6.45) is 5.57. The van der Waals surface area contributed by atoms with Crippen molar-refractivity contribution in [3.05, 3.63) is 29.3 Å². The maximum absolute atomic E-state index is 12.3. The third kappa shape index (κ3) is 5.31. The predicted molar refractivity (Wildman–Crippen MR) is 125 cm³/mol. The monoisotopic (exact) mass is 470 g/mol. The fourth-order valence-electron chi connectivity index (χ4n) is 6.11. The number of nitrogens with one attached hydrogen (secondary N) is 2. The lowest BCUT2D eigenvalue weighted by Crippen LogP contribution is -2.42. The van der Waals surface area contributed by atoms with E-state index in [4.69, 9.17) is 4.55 Å². The van der Waals surface area contributed by atoms with Crippen LogP contribution in [0.5, 0.6) is 5.75 Å². The number of aryl methyl sites for hydroxylation is 1. The summed E-state index contributed by atoms with van der Waals surface area (Å²) in [6, 6.07) is 5.28. The smallest absolute Gasteiger partial charge is 0.362 e. The van der Waals surface area contributed by atoms with E-state index in [0.717, 1.165) is 70.3 Å². The molecule has 3 fully saturated rings. The largest absolute Gasteiger partial charge is 0.446 e. The number of rotatable bonds is 2. The van der Waals surface area contributed by atoms with E-state index < -0.39 is 10.4 Å². The van der Waals surface area contributed by atoms with Crippen LogP contribution in [0.2, 0.25) is 0 Å². The first-order valence-electron chi connectivity index (χ1n) is 11.0. The predicted octanol–water partition coefficient (Wildman–Crippen LogP) is 2.53. The number of piperazine rings is 1. The van der Waals surface area contributed by atoms with Gasteiger partial charge in [-0.25, -0.2) is 0 Å². The number of benzene rings is 1. The second kappa shape index (κ2) is 9.84. The molecule has 5 rings (SSSR count). The highest BCUT2D eigenvalue weighted by molar-refractivity contribution is 7.81. The molecule has 1 saturated heterocycles. The van der Waals surface area contributed by atoms with E-state index >= 15 is 0 Å². The number of carbonyl (C=O) groups excluding carboxylic acids is 1. The minimum Gasteiger partial charge on any atom is -0.362 e. The zero-order valence-electron chi connectivity index (χ0n) is 18.2. The van der Waals surface area contributed by atoms with Gasteiger partial charge in [-0.05, 0) is 73.1 Å². The Balaban J connectivity index is 0.000000338. The molecule has 0 aromatic heterocycles. The molecule has 0 radical (unpaired) electrons. The lowest BCUT2D eigenvalue weighted by molar-refractivity contribution is -0.129. The van der Waals surface area contributed by atoms with E-state index in [0.29, 0.717) is 23.5 Å². The Bertz CT molecular complexity index is 894. The van der Waals surface area contributed by atoms with Crippen molar-refractivity contribution in [1.82, 2.24) is 10.6 Å². The van der Waals surface area contributed by atoms with Gasteiger partial charge >= 0.3 is 10.4 Å². The average Bonchev–Trinajstić information content (AvgIpc) is 3.03. The number of fused-ring (bicyclic) bond motifs is 5. The molecule has 3 N–H and O–H groups in total. The molecule has 2 saturated carbocycles. The van der Waals surface area contributed by atoms with Gasteiger partial charge in [0.1, 0.15) is 11.5 Å². The van der Waals surface area contributed by atoms with Crippen molar-refractivity contribution < 1.29 is 21.9 Å². The molecule has 1 aromatic rings. The number of hydrogen-bond donors (Lipinski definition) is 3. The Morgan fingerprint density at radius 1 is 1.06 bits per heavy atom. The van der Waals surface area contributed by atoms with Gasteiger partial charge in [-0.3, -0.25) is 9.35 Å². The van der Waals surface area contributed by atoms with Crippen LogP contribution in [0.25, 0.3) is 0 Å². The van der Waals surface area contributed by atoms with Crippen LogP contribution >= 0.6 is 9.90 Å². The first-order chi connectivity index (χ1) is 14.3. The molecular weight excluding hydrogens is 435 g/mol. The minimum absolute atomic E-state index is 0. The van der Waals surface area contributed by atoms with Crippen molar-refractivity contribution in [2.75, 3.05) is 26.2 Å². The molecule has 9 heteroatoms. The molecule has 0 amide bonds. The summed E-state index contributed by atoms with van der Waals surface area (Å²) in [5.74, 6) is 2.05. The van der Waals surface area contributed by atoms with Crippen molar-refractivity contribution in [2.45, 2.75) is 51.4 Å². The van der Waals surface area contributed by atoms with E-state index in [9.17, 15) is 13.2 Å². The maximum Gasteiger partial charge on any atom is 0.446 e. The van der Waals surface area contributed by atoms with Gasteiger partial charge in [-0.1, -0.05) is 13.0 Å². The SMILES string of the molecule is C1CNCCN1.C[C@]12CC[C@@H]3c4ccc(OS(=O)(=O)O)cc4CC[C@H]3[C@@H]1CCC2=O.P. The van der Waals surface area contributed by atoms with Crippen LogP contribution in [0.4, 0.5) is 0 Å². The second-order valence-electron chi connectivity index (χ2n) is 9.21. The number of Topliss-reactive ketones (excluding diaryl/α,β-unsaturated/α-hetero) is 1. The Kier molecular flexibility index (Phi) is 7.80. The molecule has 174 valence electrons. The van der Waals surface area contributed by atoms with Crippen LogP contribution in [0.15, 0.2) is 18.2 Å². The standard InChI is InChI=1S/C18H22O5S.C4H10N2.H3P/c1-18-9-8-14-13-5-3-12(23-24(20,21)22)10-11(13)2-4-15(14)16(18)6-7-17(18)19;1-2-6-4-3-5-1;/h3,5,10,14-16H,2,4,6-9H2,1H3,(H,20,21,22);5-6H,1-4H2;1H3/t14-,15-,16+,18+;;/m1../s1. The second-order valence-corrected chi connectivity index (χ2v) is 10.2. The summed E-state index contributed by atoms with van der Waals surface area (Å²) in [4.78, 5) is 12.3. The lowest BCUT2D eigenvalue weighted by atomic mass is 9.55. The summed E-state index contributed by atoms with van der Waals surface area (Å²) in [5, 5.41) is 6.44. The summed E-state index contributed by atoms with van der Waals surface area (Å²) in [5.41, 5.74) is 2.23. The highest BCUT2D eigenvalue weighted by Crippen LogP contribution is 2.59. The van der Waals surface area contributed by atoms with Crippen LogP contribution in [0.3, 0.4) is 0 Å². The molecule has 1 unspecified atom stereocenters. The summed E-state index contributed by atoms with van der Waals surface area (Å²) in [7, 11) is -4.49. The molecule has 1 aromatic carbocycles. The molecule has 4 aliphatic rings. The Hall–Kier alpha value is -1.05. The van der Waals surface area contributed by atoms with Gasteiger partial charge in [-0.2, -0.15) is 18.3 Å². The van der Waals surface area contributed by atoms with Crippen molar-refractivity contribution >= 4 is 26.1 Å². The normalized spacial score (nSPS) is 31.8. The molecular formula is C22H35N2O5PS. The molecule has 1 aliphatic heterocycles. The lowest BCUT2D eigenvalue weighted by Gasteiger charge is -2.48. The minimum atomic E-state index is -4.49. The summed E-state index contributed by atoms with van der Waals surface area (Å²) in [6.45, 7) is 6.71. The average molecular weight is 471 g/mol. The zero-order valence-corrected chi connectivity index (χ0v) is 20.5. The van der Waals surface area contributed by atoms with Crippen molar-refractivity contribution in [1.29, 1.82) is 0 Å². The van der Waals surface area contributed by atoms with Gasteiger partial charge < -0.3 is 14.8 Å². The van der Waals surface area contributed by atoms with E-state index in [-0.39, 0.29) is 21.1 Å². The molecule has 31 heavy (non-hydrogen) atoms. The van der Waals surface area contributed by atoms with Crippen LogP contribution in [-0.4, -0.2) is 44.9 Å². The fraction of sp³-hybridized carbons (Fsp3) is 0.682. The molecule has 5 atom stereocenters. The topological polar surface area (TPSA) is 105 Å². The van der Waals surface area contributed by atoms with E-state index in [1.54, 1.807) is 12.1 Å². The third-order valence-corrected chi connectivity index (χ3v) is 7.97. The Morgan fingerprint density at radius 2 is 1.74 bits per heavy atom. The van der Waals surface area contributed by atoms with Gasteiger partial charge in [0.25, 0.3) is 0 Å². The van der Waals surface area contributed by atoms with E-state index in [1.807, 2.05) is 6.07 Å². The van der Waals surface area contributed by atoms with Gasteiger partial charge in [0.15, 0.2) is 0 Å². The van der Waals surface area contributed by atoms with Crippen molar-refractivity contribution in [3.63, 3.8) is 0 Å². The first kappa shape index (κ1) is 24.6.